The molecule has 4 aromatic rings. The van der Waals surface area contributed by atoms with Crippen molar-refractivity contribution in [2.24, 2.45) is 5.92 Å². The van der Waals surface area contributed by atoms with Crippen LogP contribution >= 0.6 is 0 Å². The van der Waals surface area contributed by atoms with Crippen LogP contribution in [0.3, 0.4) is 0 Å². The van der Waals surface area contributed by atoms with E-state index in [1.807, 2.05) is 40.4 Å². The summed E-state index contributed by atoms with van der Waals surface area (Å²) >= 11 is 0. The third-order valence-corrected chi connectivity index (χ3v) is 6.42. The van der Waals surface area contributed by atoms with Crippen molar-refractivity contribution < 1.29 is 14.3 Å². The quantitative estimate of drug-likeness (QED) is 0.445. The van der Waals surface area contributed by atoms with Gasteiger partial charge < -0.3 is 9.67 Å². The van der Waals surface area contributed by atoms with Crippen LogP contribution in [0.25, 0.3) is 33.8 Å². The molecule has 0 unspecified atom stereocenters. The number of hydrogen-bond donors (Lipinski definition) is 1. The van der Waals surface area contributed by atoms with E-state index in [0.717, 1.165) is 27.9 Å². The molecule has 2 aromatic heterocycles. The molecule has 2 aromatic carbocycles. The SMILES string of the molecule is Cc1cccc(-c2c(-c3ccc(F)cc3)nn3c2-c2cc(=O)c(C(=O)O)cn2[C@H](C(C)C)C3)c1. The number of rotatable bonds is 4. The first-order valence-electron chi connectivity index (χ1n) is 11.2. The molecule has 1 atom stereocenters. The Hall–Kier alpha value is -4.00. The molecule has 6 nitrogen and oxygen atoms in total. The Morgan fingerprint density at radius 3 is 2.50 bits per heavy atom. The number of halogens is 1. The number of pyridine rings is 1. The fourth-order valence-electron chi connectivity index (χ4n) is 4.71. The van der Waals surface area contributed by atoms with Gasteiger partial charge in [0.15, 0.2) is 5.43 Å². The molecule has 0 aliphatic carbocycles. The molecule has 1 N–H and O–H groups in total. The molecule has 34 heavy (non-hydrogen) atoms. The highest BCUT2D eigenvalue weighted by molar-refractivity contribution is 5.92. The molecule has 0 fully saturated rings. The van der Waals surface area contributed by atoms with E-state index < -0.39 is 11.4 Å². The first-order chi connectivity index (χ1) is 16.2. The first kappa shape index (κ1) is 21.8. The number of fused-ring (bicyclic) bond motifs is 3. The topological polar surface area (TPSA) is 77.1 Å². The molecular formula is C27H24FN3O3. The molecule has 0 spiro atoms. The van der Waals surface area contributed by atoms with E-state index in [0.29, 0.717) is 17.9 Å². The van der Waals surface area contributed by atoms with E-state index >= 15 is 0 Å². The molecule has 1 aliphatic heterocycles. The van der Waals surface area contributed by atoms with Gasteiger partial charge in [0.05, 0.1) is 24.0 Å². The zero-order chi connectivity index (χ0) is 24.1. The average Bonchev–Trinajstić information content (AvgIpc) is 3.18. The third-order valence-electron chi connectivity index (χ3n) is 6.42. The number of carboxylic acid groups (broad SMARTS) is 1. The van der Waals surface area contributed by atoms with Gasteiger partial charge >= 0.3 is 5.97 Å². The van der Waals surface area contributed by atoms with Gasteiger partial charge in [-0.3, -0.25) is 9.48 Å². The fraction of sp³-hybridized carbons (Fsp3) is 0.222. The number of aromatic nitrogens is 3. The molecule has 5 rings (SSSR count). The maximum absolute atomic E-state index is 13.7. The van der Waals surface area contributed by atoms with Crippen LogP contribution in [0, 0.1) is 18.7 Å². The van der Waals surface area contributed by atoms with Crippen molar-refractivity contribution in [1.82, 2.24) is 14.3 Å². The lowest BCUT2D eigenvalue weighted by Crippen LogP contribution is -2.31. The number of nitrogens with zero attached hydrogens (tertiary/aromatic N) is 3. The average molecular weight is 458 g/mol. The highest BCUT2D eigenvalue weighted by atomic mass is 19.1. The maximum Gasteiger partial charge on any atom is 0.341 e. The lowest BCUT2D eigenvalue weighted by molar-refractivity contribution is 0.0694. The Morgan fingerprint density at radius 2 is 1.85 bits per heavy atom. The number of hydrogen-bond acceptors (Lipinski definition) is 3. The lowest BCUT2D eigenvalue weighted by atomic mass is 9.93. The molecule has 0 amide bonds. The van der Waals surface area contributed by atoms with E-state index in [2.05, 4.69) is 13.8 Å². The van der Waals surface area contributed by atoms with E-state index in [1.54, 1.807) is 12.1 Å². The summed E-state index contributed by atoms with van der Waals surface area (Å²) in [6.07, 6.45) is 1.46. The van der Waals surface area contributed by atoms with E-state index in [4.69, 9.17) is 5.10 Å². The summed E-state index contributed by atoms with van der Waals surface area (Å²) < 4.78 is 17.5. The zero-order valence-electron chi connectivity index (χ0n) is 19.1. The summed E-state index contributed by atoms with van der Waals surface area (Å²) in [5.41, 5.74) is 4.83. The summed E-state index contributed by atoms with van der Waals surface area (Å²) in [6, 6.07) is 15.5. The van der Waals surface area contributed by atoms with E-state index in [-0.39, 0.29) is 23.3 Å². The second-order valence-corrected chi connectivity index (χ2v) is 9.09. The first-order valence-corrected chi connectivity index (χ1v) is 11.2. The second-order valence-electron chi connectivity index (χ2n) is 9.09. The van der Waals surface area contributed by atoms with Crippen LogP contribution in [0.4, 0.5) is 4.39 Å². The summed E-state index contributed by atoms with van der Waals surface area (Å²) in [7, 11) is 0. The molecule has 0 radical (unpaired) electrons. The number of aromatic carboxylic acids is 1. The van der Waals surface area contributed by atoms with E-state index in [1.165, 1.54) is 24.4 Å². The van der Waals surface area contributed by atoms with Crippen LogP contribution in [0.1, 0.15) is 35.8 Å². The van der Waals surface area contributed by atoms with Crippen LogP contribution in [0.15, 0.2) is 65.6 Å². The molecule has 0 saturated heterocycles. The van der Waals surface area contributed by atoms with Gasteiger partial charge in [0, 0.05) is 23.4 Å². The van der Waals surface area contributed by atoms with Crippen molar-refractivity contribution in [3.05, 3.63) is 88.0 Å². The fourth-order valence-corrected chi connectivity index (χ4v) is 4.71. The molecular weight excluding hydrogens is 433 g/mol. The smallest absolute Gasteiger partial charge is 0.341 e. The Bertz CT molecular complexity index is 1480. The van der Waals surface area contributed by atoms with Crippen molar-refractivity contribution in [3.8, 4) is 33.8 Å². The number of carboxylic acids is 1. The minimum Gasteiger partial charge on any atom is -0.477 e. The van der Waals surface area contributed by atoms with Crippen molar-refractivity contribution in [2.75, 3.05) is 0 Å². The van der Waals surface area contributed by atoms with Crippen molar-refractivity contribution >= 4 is 5.97 Å². The number of carbonyl (C=O) groups is 1. The molecule has 7 heteroatoms. The number of aryl methyl sites for hydroxylation is 1. The maximum atomic E-state index is 13.7. The van der Waals surface area contributed by atoms with Crippen LogP contribution in [0.2, 0.25) is 0 Å². The molecule has 0 saturated carbocycles. The summed E-state index contributed by atoms with van der Waals surface area (Å²) in [4.78, 5) is 24.5. The predicted molar refractivity (Wildman–Crippen MR) is 128 cm³/mol. The Morgan fingerprint density at radius 1 is 1.12 bits per heavy atom. The van der Waals surface area contributed by atoms with Crippen LogP contribution in [0.5, 0.6) is 0 Å². The highest BCUT2D eigenvalue weighted by Crippen LogP contribution is 2.44. The molecule has 172 valence electrons. The number of benzene rings is 2. The molecule has 1 aliphatic rings. The van der Waals surface area contributed by atoms with Gasteiger partial charge in [-0.25, -0.2) is 9.18 Å². The van der Waals surface area contributed by atoms with Crippen LogP contribution < -0.4 is 5.43 Å². The standard InChI is InChI=1S/C27H24FN3O3/c1-15(2)22-14-31-26(21-12-23(32)20(27(33)34)13-30(21)22)24(18-6-4-5-16(3)11-18)25(29-31)17-7-9-19(28)10-8-17/h4-13,15,22H,14H2,1-3H3,(H,33,34)/t22-/m0/s1. The lowest BCUT2D eigenvalue weighted by Gasteiger charge is -2.32. The Kier molecular flexibility index (Phi) is 5.20. The minimum atomic E-state index is -1.24. The zero-order valence-corrected chi connectivity index (χ0v) is 19.1. The van der Waals surface area contributed by atoms with Crippen LogP contribution in [-0.2, 0) is 6.54 Å². The summed E-state index contributed by atoms with van der Waals surface area (Å²) in [5, 5.41) is 14.5. The van der Waals surface area contributed by atoms with Gasteiger partial charge in [-0.1, -0.05) is 43.7 Å². The largest absolute Gasteiger partial charge is 0.477 e. The second kappa shape index (κ2) is 8.09. The highest BCUT2D eigenvalue weighted by Gasteiger charge is 2.33. The summed E-state index contributed by atoms with van der Waals surface area (Å²) in [5.74, 6) is -1.41. The van der Waals surface area contributed by atoms with Crippen molar-refractivity contribution in [3.63, 3.8) is 0 Å². The van der Waals surface area contributed by atoms with Crippen LogP contribution in [-0.4, -0.2) is 25.4 Å². The van der Waals surface area contributed by atoms with Gasteiger partial charge in [0.2, 0.25) is 0 Å². The van der Waals surface area contributed by atoms with E-state index in [9.17, 15) is 19.1 Å². The normalized spacial score (nSPS) is 14.7. The predicted octanol–water partition coefficient (Wildman–Crippen LogP) is 5.40. The van der Waals surface area contributed by atoms with Crippen molar-refractivity contribution in [1.29, 1.82) is 0 Å². The van der Waals surface area contributed by atoms with Gasteiger partial charge in [0.1, 0.15) is 17.1 Å². The van der Waals surface area contributed by atoms with Gasteiger partial charge in [-0.15, -0.1) is 0 Å². The molecule has 3 heterocycles. The third kappa shape index (κ3) is 3.53. The Labute approximate surface area is 195 Å². The molecule has 0 bridgehead atoms. The van der Waals surface area contributed by atoms with Crippen molar-refractivity contribution in [2.45, 2.75) is 33.4 Å². The van der Waals surface area contributed by atoms with Gasteiger partial charge in [-0.05, 0) is 42.7 Å². The summed E-state index contributed by atoms with van der Waals surface area (Å²) in [6.45, 7) is 6.64. The van der Waals surface area contributed by atoms with Gasteiger partial charge in [-0.2, -0.15) is 5.10 Å². The Balaban J connectivity index is 1.87. The monoisotopic (exact) mass is 457 g/mol. The van der Waals surface area contributed by atoms with Gasteiger partial charge in [0.25, 0.3) is 0 Å². The minimum absolute atomic E-state index is 0.0903.